The molecule has 0 bridgehead atoms. The van der Waals surface area contributed by atoms with Crippen LogP contribution in [0, 0.1) is 5.41 Å². The lowest BCUT2D eigenvalue weighted by Crippen LogP contribution is -2.26. The number of alkyl halides is 2. The van der Waals surface area contributed by atoms with Gasteiger partial charge in [0.05, 0.1) is 0 Å². The second-order valence-electron chi connectivity index (χ2n) is 5.22. The predicted molar refractivity (Wildman–Crippen MR) is 59.0 cm³/mol. The summed E-state index contributed by atoms with van der Waals surface area (Å²) in [5.41, 5.74) is 6.64. The maximum absolute atomic E-state index is 12.8. The van der Waals surface area contributed by atoms with Gasteiger partial charge in [0.25, 0.3) is 0 Å². The average Bonchev–Trinajstić information content (AvgIpc) is 2.47. The maximum atomic E-state index is 12.8. The van der Waals surface area contributed by atoms with E-state index in [1.165, 1.54) is 12.1 Å². The Morgan fingerprint density at radius 3 is 2.35 bits per heavy atom. The van der Waals surface area contributed by atoms with Gasteiger partial charge in [-0.1, -0.05) is 26.8 Å². The van der Waals surface area contributed by atoms with E-state index in [-0.39, 0.29) is 23.0 Å². The lowest BCUT2D eigenvalue weighted by Gasteiger charge is -2.27. The first kappa shape index (κ1) is 12.1. The van der Waals surface area contributed by atoms with E-state index in [2.05, 4.69) is 9.47 Å². The molecule has 1 heterocycles. The largest absolute Gasteiger partial charge is 0.586 e. The second-order valence-corrected chi connectivity index (χ2v) is 5.22. The third kappa shape index (κ3) is 2.34. The molecule has 1 aromatic carbocycles. The van der Waals surface area contributed by atoms with Gasteiger partial charge in [0.1, 0.15) is 0 Å². The first-order valence-corrected chi connectivity index (χ1v) is 5.34. The van der Waals surface area contributed by atoms with Crippen LogP contribution in [0.25, 0.3) is 0 Å². The van der Waals surface area contributed by atoms with Gasteiger partial charge in [0, 0.05) is 6.04 Å². The Kier molecular flexibility index (Phi) is 2.54. The molecular weight excluding hydrogens is 228 g/mol. The Hall–Kier alpha value is -1.36. The molecule has 94 valence electrons. The van der Waals surface area contributed by atoms with Crippen molar-refractivity contribution in [1.29, 1.82) is 0 Å². The van der Waals surface area contributed by atoms with Gasteiger partial charge in [-0.25, -0.2) is 0 Å². The number of hydrogen-bond acceptors (Lipinski definition) is 3. The Bertz CT molecular complexity index is 441. The van der Waals surface area contributed by atoms with Gasteiger partial charge in [-0.15, -0.1) is 8.78 Å². The molecular formula is C12H15F2NO2. The quantitative estimate of drug-likeness (QED) is 0.824. The molecule has 0 aliphatic carbocycles. The summed E-state index contributed by atoms with van der Waals surface area (Å²) in [6, 6.07) is 4.38. The monoisotopic (exact) mass is 243 g/mol. The molecule has 0 unspecified atom stereocenters. The Balaban J connectivity index is 2.31. The topological polar surface area (TPSA) is 44.5 Å². The van der Waals surface area contributed by atoms with Gasteiger partial charge in [-0.3, -0.25) is 0 Å². The molecule has 1 aliphatic rings. The zero-order valence-corrected chi connectivity index (χ0v) is 9.96. The molecule has 0 spiro atoms. The van der Waals surface area contributed by atoms with Crippen LogP contribution in [0.4, 0.5) is 8.78 Å². The standard InChI is InChI=1S/C12H15F2NO2/c1-11(2,3)10(15)7-4-5-8-9(6-7)17-12(13,14)16-8/h4-6,10H,15H2,1-3H3/t10-/m0/s1. The number of nitrogens with two attached hydrogens (primary N) is 1. The van der Waals surface area contributed by atoms with Crippen LogP contribution >= 0.6 is 0 Å². The molecule has 0 saturated heterocycles. The van der Waals surface area contributed by atoms with Gasteiger partial charge in [-0.2, -0.15) is 0 Å². The molecule has 3 nitrogen and oxygen atoms in total. The summed E-state index contributed by atoms with van der Waals surface area (Å²) >= 11 is 0. The number of hydrogen-bond donors (Lipinski definition) is 1. The van der Waals surface area contributed by atoms with Gasteiger partial charge in [0.15, 0.2) is 11.5 Å². The highest BCUT2D eigenvalue weighted by Gasteiger charge is 2.43. The first-order valence-electron chi connectivity index (χ1n) is 5.34. The summed E-state index contributed by atoms with van der Waals surface area (Å²) in [5.74, 6) is 0.0760. The summed E-state index contributed by atoms with van der Waals surface area (Å²) in [5, 5.41) is 0. The van der Waals surface area contributed by atoms with Crippen LogP contribution in [0.1, 0.15) is 32.4 Å². The zero-order chi connectivity index (χ0) is 12.8. The third-order valence-corrected chi connectivity index (χ3v) is 2.72. The highest BCUT2D eigenvalue weighted by atomic mass is 19.3. The van der Waals surface area contributed by atoms with Crippen molar-refractivity contribution in [2.75, 3.05) is 0 Å². The van der Waals surface area contributed by atoms with E-state index in [4.69, 9.17) is 5.73 Å². The van der Waals surface area contributed by atoms with Crippen molar-refractivity contribution in [1.82, 2.24) is 0 Å². The van der Waals surface area contributed by atoms with Gasteiger partial charge in [0.2, 0.25) is 0 Å². The van der Waals surface area contributed by atoms with Crippen LogP contribution in [0.15, 0.2) is 18.2 Å². The van der Waals surface area contributed by atoms with Crippen molar-refractivity contribution < 1.29 is 18.3 Å². The molecule has 0 fully saturated rings. The summed E-state index contributed by atoms with van der Waals surface area (Å²) in [7, 11) is 0. The zero-order valence-electron chi connectivity index (χ0n) is 9.96. The van der Waals surface area contributed by atoms with Crippen LogP contribution in [-0.4, -0.2) is 6.29 Å². The lowest BCUT2D eigenvalue weighted by molar-refractivity contribution is -0.286. The Morgan fingerprint density at radius 2 is 1.76 bits per heavy atom. The van der Waals surface area contributed by atoms with Crippen LogP contribution in [-0.2, 0) is 0 Å². The van der Waals surface area contributed by atoms with Crippen molar-refractivity contribution in [3.8, 4) is 11.5 Å². The van der Waals surface area contributed by atoms with E-state index >= 15 is 0 Å². The summed E-state index contributed by atoms with van der Waals surface area (Å²) in [6.07, 6.45) is -3.58. The van der Waals surface area contributed by atoms with Gasteiger partial charge < -0.3 is 15.2 Å². The van der Waals surface area contributed by atoms with E-state index in [0.29, 0.717) is 0 Å². The SMILES string of the molecule is CC(C)(C)[C@@H](N)c1ccc2c(c1)OC(F)(F)O2. The molecule has 0 saturated carbocycles. The number of fused-ring (bicyclic) bond motifs is 1. The van der Waals surface area contributed by atoms with Crippen LogP contribution < -0.4 is 15.2 Å². The third-order valence-electron chi connectivity index (χ3n) is 2.72. The van der Waals surface area contributed by atoms with Crippen LogP contribution in [0.2, 0.25) is 0 Å². The highest BCUT2D eigenvalue weighted by molar-refractivity contribution is 5.46. The predicted octanol–water partition coefficient (Wildman–Crippen LogP) is 3.05. The van der Waals surface area contributed by atoms with E-state index in [9.17, 15) is 8.78 Å². The molecule has 5 heteroatoms. The Morgan fingerprint density at radius 1 is 1.18 bits per heavy atom. The molecule has 2 N–H and O–H groups in total. The highest BCUT2D eigenvalue weighted by Crippen LogP contribution is 2.43. The molecule has 1 aromatic rings. The number of halogens is 2. The van der Waals surface area contributed by atoms with E-state index in [0.717, 1.165) is 5.56 Å². The normalized spacial score (nSPS) is 19.2. The van der Waals surface area contributed by atoms with Crippen LogP contribution in [0.5, 0.6) is 11.5 Å². The van der Waals surface area contributed by atoms with Crippen molar-refractivity contribution >= 4 is 0 Å². The average molecular weight is 243 g/mol. The van der Waals surface area contributed by atoms with E-state index in [1.807, 2.05) is 20.8 Å². The molecule has 0 aromatic heterocycles. The van der Waals surface area contributed by atoms with Gasteiger partial charge >= 0.3 is 6.29 Å². The van der Waals surface area contributed by atoms with E-state index < -0.39 is 6.29 Å². The smallest absolute Gasteiger partial charge is 0.395 e. The molecule has 1 aliphatic heterocycles. The van der Waals surface area contributed by atoms with Crippen molar-refractivity contribution in [2.45, 2.75) is 33.1 Å². The summed E-state index contributed by atoms with van der Waals surface area (Å²) in [4.78, 5) is 0. The minimum Gasteiger partial charge on any atom is -0.395 e. The summed E-state index contributed by atoms with van der Waals surface area (Å²) in [6.45, 7) is 5.95. The minimum atomic E-state index is -3.58. The molecule has 1 atom stereocenters. The fourth-order valence-electron chi connectivity index (χ4n) is 1.66. The van der Waals surface area contributed by atoms with Crippen LogP contribution in [0.3, 0.4) is 0 Å². The fourth-order valence-corrected chi connectivity index (χ4v) is 1.66. The van der Waals surface area contributed by atoms with Crippen molar-refractivity contribution in [3.63, 3.8) is 0 Å². The Labute approximate surface area is 98.5 Å². The molecule has 2 rings (SSSR count). The minimum absolute atomic E-state index is 0.0344. The maximum Gasteiger partial charge on any atom is 0.586 e. The molecule has 0 radical (unpaired) electrons. The van der Waals surface area contributed by atoms with E-state index in [1.54, 1.807) is 6.07 Å². The fraction of sp³-hybridized carbons (Fsp3) is 0.500. The first-order chi connectivity index (χ1) is 7.69. The lowest BCUT2D eigenvalue weighted by atomic mass is 9.83. The number of ether oxygens (including phenoxy) is 2. The summed E-state index contributed by atoms with van der Waals surface area (Å²) < 4.78 is 34.4. The second kappa shape index (κ2) is 3.57. The molecule has 17 heavy (non-hydrogen) atoms. The van der Waals surface area contributed by atoms with Crippen molar-refractivity contribution in [2.24, 2.45) is 11.1 Å². The van der Waals surface area contributed by atoms with Gasteiger partial charge in [-0.05, 0) is 23.1 Å². The molecule has 0 amide bonds. The van der Waals surface area contributed by atoms with Crippen molar-refractivity contribution in [3.05, 3.63) is 23.8 Å². The number of rotatable bonds is 1. The number of benzene rings is 1.